The molecule has 8 heteroatoms. The smallest absolute Gasteiger partial charge is 0.263 e. The van der Waals surface area contributed by atoms with Crippen molar-refractivity contribution in [3.05, 3.63) is 70.2 Å². The summed E-state index contributed by atoms with van der Waals surface area (Å²) in [4.78, 5) is 23.7. The van der Waals surface area contributed by atoms with Gasteiger partial charge >= 0.3 is 0 Å². The van der Waals surface area contributed by atoms with Gasteiger partial charge in [0.2, 0.25) is 0 Å². The summed E-state index contributed by atoms with van der Waals surface area (Å²) < 4.78 is 13.3. The molecule has 0 amide bonds. The normalized spacial score (nSPS) is 13.7. The largest absolute Gasteiger partial charge is 0.506 e. The molecule has 0 spiro atoms. The van der Waals surface area contributed by atoms with Crippen molar-refractivity contribution in [3.63, 3.8) is 0 Å². The number of nitrogens with zero attached hydrogens (tertiary/aromatic N) is 3. The molecule has 6 rings (SSSR count). The fourth-order valence-electron chi connectivity index (χ4n) is 4.75. The van der Waals surface area contributed by atoms with E-state index >= 15 is 0 Å². The minimum atomic E-state index is -0.159. The van der Waals surface area contributed by atoms with Gasteiger partial charge in [-0.1, -0.05) is 25.5 Å². The maximum Gasteiger partial charge on any atom is 0.263 e. The lowest BCUT2D eigenvalue weighted by Crippen LogP contribution is -2.24. The zero-order valence-electron chi connectivity index (χ0n) is 19.6. The van der Waals surface area contributed by atoms with E-state index in [4.69, 9.17) is 14.1 Å². The van der Waals surface area contributed by atoms with Crippen molar-refractivity contribution in [2.75, 3.05) is 7.11 Å². The van der Waals surface area contributed by atoms with Gasteiger partial charge in [-0.3, -0.25) is 9.36 Å². The van der Waals surface area contributed by atoms with Crippen molar-refractivity contribution in [3.8, 4) is 22.9 Å². The summed E-state index contributed by atoms with van der Waals surface area (Å²) in [6, 6.07) is 9.79. The molecule has 3 heterocycles. The topological polar surface area (TPSA) is 90.4 Å². The molecule has 0 radical (unpaired) electrons. The van der Waals surface area contributed by atoms with Crippen molar-refractivity contribution in [1.82, 2.24) is 14.5 Å². The molecule has 1 fully saturated rings. The highest BCUT2D eigenvalue weighted by Crippen LogP contribution is 2.46. The van der Waals surface area contributed by atoms with Crippen molar-refractivity contribution in [1.29, 1.82) is 0 Å². The Morgan fingerprint density at radius 2 is 2.11 bits per heavy atom. The number of aromatic nitrogens is 3. The van der Waals surface area contributed by atoms with E-state index in [2.05, 4.69) is 18.0 Å². The number of ether oxygens (including phenoxy) is 1. The molecule has 0 bridgehead atoms. The van der Waals surface area contributed by atoms with E-state index in [1.807, 2.05) is 24.3 Å². The van der Waals surface area contributed by atoms with Crippen molar-refractivity contribution in [2.24, 2.45) is 0 Å². The van der Waals surface area contributed by atoms with Crippen LogP contribution in [0.3, 0.4) is 0 Å². The number of oxazole rings is 1. The van der Waals surface area contributed by atoms with Gasteiger partial charge in [-0.2, -0.15) is 0 Å². The molecule has 1 aliphatic carbocycles. The fourth-order valence-corrected chi connectivity index (χ4v) is 5.88. The SMILES string of the molecule is CCCc1ccc2c(sc3nc(-c4ccc(OC)cc4C4CC4)n(Cc4cnco4)c(=O)c32)c1O. The van der Waals surface area contributed by atoms with Gasteiger partial charge in [0, 0.05) is 10.9 Å². The first-order chi connectivity index (χ1) is 17.1. The summed E-state index contributed by atoms with van der Waals surface area (Å²) in [6.07, 6.45) is 6.89. The predicted octanol–water partition coefficient (Wildman–Crippen LogP) is 5.86. The third kappa shape index (κ3) is 3.69. The van der Waals surface area contributed by atoms with Gasteiger partial charge in [-0.25, -0.2) is 9.97 Å². The minimum absolute atomic E-state index is 0.159. The van der Waals surface area contributed by atoms with Crippen LogP contribution < -0.4 is 10.3 Å². The summed E-state index contributed by atoms with van der Waals surface area (Å²) in [6.45, 7) is 2.29. The van der Waals surface area contributed by atoms with E-state index < -0.39 is 0 Å². The number of hydrogen-bond donors (Lipinski definition) is 1. The number of hydrogen-bond acceptors (Lipinski definition) is 7. The number of benzene rings is 2. The highest BCUT2D eigenvalue weighted by molar-refractivity contribution is 7.25. The second-order valence-corrected chi connectivity index (χ2v) is 10.0. The standard InChI is InChI=1S/C27H25N3O4S/c1-3-4-16-7-9-20-22-26(35-24(20)23(16)31)29-25(30(27(22)32)13-18-12-28-14-34-18)19-10-8-17(33-2)11-21(19)15-5-6-15/h7-12,14-15,31H,3-6,13H2,1-2H3. The van der Waals surface area contributed by atoms with Crippen LogP contribution in [0.4, 0.5) is 0 Å². The first-order valence-corrected chi connectivity index (χ1v) is 12.6. The van der Waals surface area contributed by atoms with Gasteiger partial charge < -0.3 is 14.3 Å². The Morgan fingerprint density at radius 3 is 2.83 bits per heavy atom. The molecule has 178 valence electrons. The van der Waals surface area contributed by atoms with E-state index in [0.717, 1.165) is 53.5 Å². The van der Waals surface area contributed by atoms with Gasteiger partial charge in [-0.15, -0.1) is 11.3 Å². The molecule has 35 heavy (non-hydrogen) atoms. The minimum Gasteiger partial charge on any atom is -0.506 e. The summed E-state index contributed by atoms with van der Waals surface area (Å²) in [7, 11) is 1.66. The predicted molar refractivity (Wildman–Crippen MR) is 137 cm³/mol. The van der Waals surface area contributed by atoms with Crippen LogP contribution in [0, 0.1) is 0 Å². The highest BCUT2D eigenvalue weighted by Gasteiger charge is 2.29. The molecule has 0 atom stereocenters. The van der Waals surface area contributed by atoms with E-state index in [9.17, 15) is 9.90 Å². The first kappa shape index (κ1) is 21.9. The van der Waals surface area contributed by atoms with Gasteiger partial charge in [0.15, 0.2) is 6.39 Å². The number of aryl methyl sites for hydroxylation is 1. The molecule has 0 aliphatic heterocycles. The van der Waals surface area contributed by atoms with Crippen LogP contribution in [-0.4, -0.2) is 26.8 Å². The van der Waals surface area contributed by atoms with Crippen molar-refractivity contribution in [2.45, 2.75) is 45.1 Å². The fraction of sp³-hybridized carbons (Fsp3) is 0.296. The lowest BCUT2D eigenvalue weighted by atomic mass is 10.0. The number of methoxy groups -OCH3 is 1. The molecule has 7 nitrogen and oxygen atoms in total. The average molecular weight is 488 g/mol. The Labute approximate surface area is 205 Å². The summed E-state index contributed by atoms with van der Waals surface area (Å²) in [5.41, 5.74) is 2.78. The number of thiophene rings is 1. The van der Waals surface area contributed by atoms with E-state index in [1.165, 1.54) is 17.7 Å². The average Bonchev–Trinajstić information content (AvgIpc) is 3.45. The summed E-state index contributed by atoms with van der Waals surface area (Å²) in [5.74, 6) is 2.62. The van der Waals surface area contributed by atoms with Crippen LogP contribution in [-0.2, 0) is 13.0 Å². The lowest BCUT2D eigenvalue weighted by Gasteiger charge is -2.15. The highest BCUT2D eigenvalue weighted by atomic mass is 32.1. The molecule has 1 N–H and O–H groups in total. The van der Waals surface area contributed by atoms with Crippen LogP contribution in [0.2, 0.25) is 0 Å². The Bertz CT molecular complexity index is 1610. The molecule has 0 unspecified atom stereocenters. The van der Waals surface area contributed by atoms with Crippen LogP contribution >= 0.6 is 11.3 Å². The number of rotatable bonds is 7. The number of phenols is 1. The van der Waals surface area contributed by atoms with Crippen LogP contribution in [0.5, 0.6) is 11.5 Å². The second-order valence-electron chi connectivity index (χ2n) is 9.00. The van der Waals surface area contributed by atoms with Gasteiger partial charge in [0.05, 0.1) is 29.9 Å². The Hall–Kier alpha value is -3.65. The van der Waals surface area contributed by atoms with Gasteiger partial charge in [0.25, 0.3) is 5.56 Å². The lowest BCUT2D eigenvalue weighted by molar-refractivity contribution is 0.414. The second kappa shape index (κ2) is 8.53. The first-order valence-electron chi connectivity index (χ1n) is 11.8. The number of phenolic OH excluding ortho intramolecular Hbond substituents is 1. The quantitative estimate of drug-likeness (QED) is 0.309. The molecule has 1 saturated carbocycles. The maximum absolute atomic E-state index is 14.0. The number of fused-ring (bicyclic) bond motifs is 3. The van der Waals surface area contributed by atoms with Crippen LogP contribution in [0.1, 0.15) is 49.0 Å². The Kier molecular flexibility index (Phi) is 5.33. The van der Waals surface area contributed by atoms with Crippen molar-refractivity contribution < 1.29 is 14.3 Å². The summed E-state index contributed by atoms with van der Waals surface area (Å²) in [5, 5.41) is 12.2. The Morgan fingerprint density at radius 1 is 1.26 bits per heavy atom. The molecular formula is C27H25N3O4S. The van der Waals surface area contributed by atoms with Crippen molar-refractivity contribution >= 4 is 31.6 Å². The zero-order chi connectivity index (χ0) is 24.1. The third-order valence-electron chi connectivity index (χ3n) is 6.65. The van der Waals surface area contributed by atoms with Crippen LogP contribution in [0.15, 0.2) is 52.1 Å². The summed E-state index contributed by atoms with van der Waals surface area (Å²) >= 11 is 1.37. The molecule has 0 saturated heterocycles. The maximum atomic E-state index is 14.0. The van der Waals surface area contributed by atoms with E-state index in [1.54, 1.807) is 17.9 Å². The van der Waals surface area contributed by atoms with E-state index in [0.29, 0.717) is 32.4 Å². The van der Waals surface area contributed by atoms with Gasteiger partial charge in [-0.05, 0) is 54.5 Å². The molecular weight excluding hydrogens is 462 g/mol. The third-order valence-corrected chi connectivity index (χ3v) is 7.76. The Balaban J connectivity index is 1.65. The number of aromatic hydroxyl groups is 1. The molecule has 5 aromatic rings. The van der Waals surface area contributed by atoms with Gasteiger partial charge in [0.1, 0.15) is 27.9 Å². The molecule has 3 aromatic heterocycles. The van der Waals surface area contributed by atoms with E-state index in [-0.39, 0.29) is 17.9 Å². The molecule has 2 aromatic carbocycles. The monoisotopic (exact) mass is 487 g/mol. The van der Waals surface area contributed by atoms with Crippen LogP contribution in [0.25, 0.3) is 31.7 Å². The molecule has 1 aliphatic rings. The zero-order valence-corrected chi connectivity index (χ0v) is 20.4.